The van der Waals surface area contributed by atoms with Crippen molar-refractivity contribution in [2.75, 3.05) is 0 Å². The zero-order valence-electron chi connectivity index (χ0n) is 8.82. The van der Waals surface area contributed by atoms with E-state index in [9.17, 15) is 4.79 Å². The Morgan fingerprint density at radius 2 is 1.88 bits per heavy atom. The first kappa shape index (κ1) is 10.7. The van der Waals surface area contributed by atoms with E-state index in [1.54, 1.807) is 12.1 Å². The molecule has 1 aromatic rings. The molecule has 0 saturated carbocycles. The Morgan fingerprint density at radius 3 is 2.56 bits per heavy atom. The van der Waals surface area contributed by atoms with Crippen molar-refractivity contribution in [2.45, 2.75) is 25.7 Å². The fourth-order valence-corrected chi connectivity index (χ4v) is 1.85. The first-order valence-electron chi connectivity index (χ1n) is 5.24. The summed E-state index contributed by atoms with van der Waals surface area (Å²) >= 11 is 0. The summed E-state index contributed by atoms with van der Waals surface area (Å²) in [6.07, 6.45) is 3.42. The minimum atomic E-state index is -0.712. The third kappa shape index (κ3) is 2.23. The molecule has 0 aliphatic heterocycles. The van der Waals surface area contributed by atoms with E-state index >= 15 is 0 Å². The van der Waals surface area contributed by atoms with Crippen LogP contribution in [-0.4, -0.2) is 11.2 Å². The predicted octanol–water partition coefficient (Wildman–Crippen LogP) is 2.20. The van der Waals surface area contributed by atoms with Gasteiger partial charge in [0, 0.05) is 12.8 Å². The van der Waals surface area contributed by atoms with Gasteiger partial charge in [-0.25, -0.2) is 4.79 Å². The van der Waals surface area contributed by atoms with Crippen LogP contribution in [0.15, 0.2) is 18.2 Å². The number of rotatable bonds is 1. The summed E-state index contributed by atoms with van der Waals surface area (Å²) in [6, 6.07) is 5.36. The first-order chi connectivity index (χ1) is 7.81. The van der Waals surface area contributed by atoms with E-state index in [4.69, 9.17) is 5.26 Å². The molecule has 3 heteroatoms. The van der Waals surface area contributed by atoms with E-state index in [2.05, 4.69) is 16.7 Å². The van der Waals surface area contributed by atoms with Crippen LogP contribution in [0.5, 0.6) is 0 Å². The highest BCUT2D eigenvalue weighted by Crippen LogP contribution is 2.17. The standard InChI is InChI=1S/C13H12O3/c14-13(16-15)12-8-7-10-5-3-1-2-4-6-11(10)9-12/h7-9,15H,3-6H2. The Balaban J connectivity index is 2.32. The molecule has 1 aromatic carbocycles. The van der Waals surface area contributed by atoms with Crippen molar-refractivity contribution in [3.05, 3.63) is 34.9 Å². The van der Waals surface area contributed by atoms with E-state index in [0.29, 0.717) is 5.56 Å². The Morgan fingerprint density at radius 1 is 1.19 bits per heavy atom. The highest BCUT2D eigenvalue weighted by molar-refractivity contribution is 5.89. The molecule has 0 fully saturated rings. The van der Waals surface area contributed by atoms with Crippen LogP contribution >= 0.6 is 0 Å². The topological polar surface area (TPSA) is 46.5 Å². The van der Waals surface area contributed by atoms with Crippen LogP contribution in [0.25, 0.3) is 0 Å². The van der Waals surface area contributed by atoms with Gasteiger partial charge >= 0.3 is 5.97 Å². The smallest absolute Gasteiger partial charge is 0.296 e. The van der Waals surface area contributed by atoms with Gasteiger partial charge in [0.1, 0.15) is 0 Å². The number of fused-ring (bicyclic) bond motifs is 1. The Bertz CT molecular complexity index is 466. The van der Waals surface area contributed by atoms with E-state index in [-0.39, 0.29) is 0 Å². The summed E-state index contributed by atoms with van der Waals surface area (Å²) in [6.45, 7) is 0. The molecule has 0 unspecified atom stereocenters. The molecule has 1 aliphatic rings. The van der Waals surface area contributed by atoms with Gasteiger partial charge in [-0.05, 0) is 36.1 Å². The van der Waals surface area contributed by atoms with Crippen LogP contribution in [-0.2, 0) is 17.7 Å². The van der Waals surface area contributed by atoms with Gasteiger partial charge in [0.05, 0.1) is 5.56 Å². The summed E-state index contributed by atoms with van der Waals surface area (Å²) in [5.74, 6) is 5.46. The van der Waals surface area contributed by atoms with E-state index in [0.717, 1.165) is 31.2 Å². The maximum Gasteiger partial charge on any atom is 0.372 e. The molecular formula is C13H12O3. The number of aryl methyl sites for hydroxylation is 2. The molecule has 3 nitrogen and oxygen atoms in total. The summed E-state index contributed by atoms with van der Waals surface area (Å²) < 4.78 is 0. The lowest BCUT2D eigenvalue weighted by atomic mass is 9.95. The Kier molecular flexibility index (Phi) is 3.23. The molecule has 0 radical (unpaired) electrons. The average Bonchev–Trinajstić information content (AvgIpc) is 2.28. The molecule has 0 saturated heterocycles. The van der Waals surface area contributed by atoms with Gasteiger partial charge in [-0.3, -0.25) is 4.89 Å². The summed E-state index contributed by atoms with van der Waals surface area (Å²) in [4.78, 5) is 14.9. The van der Waals surface area contributed by atoms with Crippen molar-refractivity contribution in [3.63, 3.8) is 0 Å². The van der Waals surface area contributed by atoms with Crippen LogP contribution in [0.1, 0.15) is 34.3 Å². The van der Waals surface area contributed by atoms with Crippen LogP contribution in [0, 0.1) is 11.8 Å². The van der Waals surface area contributed by atoms with Crippen LogP contribution in [0.4, 0.5) is 0 Å². The SMILES string of the molecule is O=C(OO)c1ccc2c(c1)CCC#CCC2. The minimum absolute atomic E-state index is 0.384. The number of carbonyl (C=O) groups is 1. The molecular weight excluding hydrogens is 204 g/mol. The van der Waals surface area contributed by atoms with E-state index in [1.165, 1.54) is 5.56 Å². The maximum absolute atomic E-state index is 11.2. The van der Waals surface area contributed by atoms with Crippen molar-refractivity contribution in [3.8, 4) is 11.8 Å². The summed E-state index contributed by atoms with van der Waals surface area (Å²) in [7, 11) is 0. The van der Waals surface area contributed by atoms with Crippen molar-refractivity contribution < 1.29 is 14.9 Å². The largest absolute Gasteiger partial charge is 0.372 e. The molecule has 0 amide bonds. The molecule has 2 rings (SSSR count). The number of carbonyl (C=O) groups excluding carboxylic acids is 1. The van der Waals surface area contributed by atoms with E-state index < -0.39 is 5.97 Å². The molecule has 0 bridgehead atoms. The average molecular weight is 216 g/mol. The number of hydrogen-bond acceptors (Lipinski definition) is 3. The molecule has 1 aliphatic carbocycles. The number of hydrogen-bond donors (Lipinski definition) is 1. The van der Waals surface area contributed by atoms with Crippen molar-refractivity contribution in [1.29, 1.82) is 0 Å². The fourth-order valence-electron chi connectivity index (χ4n) is 1.85. The first-order valence-corrected chi connectivity index (χ1v) is 5.24. The molecule has 0 atom stereocenters. The van der Waals surface area contributed by atoms with Crippen LogP contribution in [0.3, 0.4) is 0 Å². The van der Waals surface area contributed by atoms with Gasteiger partial charge < -0.3 is 0 Å². The maximum atomic E-state index is 11.2. The quantitative estimate of drug-likeness (QED) is 0.444. The molecule has 0 spiro atoms. The normalized spacial score (nSPS) is 13.8. The summed E-state index contributed by atoms with van der Waals surface area (Å²) in [5, 5.41) is 8.32. The minimum Gasteiger partial charge on any atom is -0.296 e. The zero-order valence-corrected chi connectivity index (χ0v) is 8.82. The second-order valence-electron chi connectivity index (χ2n) is 3.72. The Labute approximate surface area is 94.0 Å². The highest BCUT2D eigenvalue weighted by Gasteiger charge is 2.11. The predicted molar refractivity (Wildman–Crippen MR) is 58.9 cm³/mol. The van der Waals surface area contributed by atoms with E-state index in [1.807, 2.05) is 6.07 Å². The lowest BCUT2D eigenvalue weighted by Crippen LogP contribution is -2.05. The highest BCUT2D eigenvalue weighted by atomic mass is 17.1. The van der Waals surface area contributed by atoms with Crippen molar-refractivity contribution in [2.24, 2.45) is 0 Å². The molecule has 82 valence electrons. The second-order valence-corrected chi connectivity index (χ2v) is 3.72. The lowest BCUT2D eigenvalue weighted by molar-refractivity contribution is -0.182. The van der Waals surface area contributed by atoms with Gasteiger partial charge in [-0.15, -0.1) is 11.8 Å². The zero-order chi connectivity index (χ0) is 11.4. The molecule has 0 aromatic heterocycles. The van der Waals surface area contributed by atoms with Gasteiger partial charge in [0.2, 0.25) is 0 Å². The van der Waals surface area contributed by atoms with Gasteiger partial charge in [0.15, 0.2) is 0 Å². The van der Waals surface area contributed by atoms with Gasteiger partial charge in [-0.1, -0.05) is 6.07 Å². The van der Waals surface area contributed by atoms with Crippen molar-refractivity contribution in [1.82, 2.24) is 0 Å². The molecule has 16 heavy (non-hydrogen) atoms. The van der Waals surface area contributed by atoms with Crippen LogP contribution in [0.2, 0.25) is 0 Å². The lowest BCUT2D eigenvalue weighted by Gasteiger charge is -2.10. The van der Waals surface area contributed by atoms with Gasteiger partial charge in [0.25, 0.3) is 0 Å². The van der Waals surface area contributed by atoms with Crippen LogP contribution < -0.4 is 0 Å². The number of benzene rings is 1. The third-order valence-corrected chi connectivity index (χ3v) is 2.69. The van der Waals surface area contributed by atoms with Gasteiger partial charge in [-0.2, -0.15) is 5.26 Å². The molecule has 0 heterocycles. The summed E-state index contributed by atoms with van der Waals surface area (Å²) in [5.41, 5.74) is 2.73. The van der Waals surface area contributed by atoms with Crippen molar-refractivity contribution >= 4 is 5.97 Å². The Hall–Kier alpha value is -1.79. The third-order valence-electron chi connectivity index (χ3n) is 2.69. The molecule has 1 N–H and O–H groups in total. The fraction of sp³-hybridized carbons (Fsp3) is 0.308. The monoisotopic (exact) mass is 216 g/mol. The second kappa shape index (κ2) is 4.82.